The number of nitrogens with zero attached hydrogens (tertiary/aromatic N) is 2. The van der Waals surface area contributed by atoms with Gasteiger partial charge in [0.25, 0.3) is 0 Å². The van der Waals surface area contributed by atoms with E-state index in [2.05, 4.69) is 9.97 Å². The van der Waals surface area contributed by atoms with Crippen LogP contribution in [0.5, 0.6) is 6.01 Å². The SMILES string of the molecule is [2H]C([2H])([2H])OC(c1ccccc1)(c1ccccc1)C(Oc1nc(C)cc(C)n1)C(=O)O. The molecule has 2 aromatic carbocycles. The Kier molecular flexibility index (Phi) is 4.61. The summed E-state index contributed by atoms with van der Waals surface area (Å²) in [7, 11) is -2.94. The van der Waals surface area contributed by atoms with Crippen LogP contribution in [0.15, 0.2) is 66.7 Å². The maximum absolute atomic E-state index is 12.5. The van der Waals surface area contributed by atoms with Crippen LogP contribution in [-0.4, -0.2) is 34.2 Å². The summed E-state index contributed by atoms with van der Waals surface area (Å²) < 4.78 is 34.8. The van der Waals surface area contributed by atoms with E-state index in [1.54, 1.807) is 80.6 Å². The van der Waals surface area contributed by atoms with Gasteiger partial charge in [-0.2, -0.15) is 0 Å². The summed E-state index contributed by atoms with van der Waals surface area (Å²) in [5, 5.41) is 10.2. The fraction of sp³-hybridized carbons (Fsp3) is 0.227. The van der Waals surface area contributed by atoms with Crippen LogP contribution in [0.3, 0.4) is 0 Å². The molecule has 0 amide bonds. The van der Waals surface area contributed by atoms with Gasteiger partial charge in [-0.1, -0.05) is 60.7 Å². The van der Waals surface area contributed by atoms with Crippen LogP contribution in [0.1, 0.15) is 26.6 Å². The zero-order valence-corrected chi connectivity index (χ0v) is 15.5. The first-order valence-corrected chi connectivity index (χ1v) is 8.65. The first-order chi connectivity index (χ1) is 14.6. The molecule has 0 saturated heterocycles. The molecule has 6 heteroatoms. The monoisotopic (exact) mass is 381 g/mol. The van der Waals surface area contributed by atoms with Crippen molar-refractivity contribution in [2.45, 2.75) is 25.6 Å². The van der Waals surface area contributed by atoms with Crippen LogP contribution >= 0.6 is 0 Å². The Hall–Kier alpha value is -3.25. The van der Waals surface area contributed by atoms with E-state index in [4.69, 9.17) is 13.6 Å². The molecule has 1 heterocycles. The summed E-state index contributed by atoms with van der Waals surface area (Å²) >= 11 is 0. The molecule has 1 N–H and O–H groups in total. The number of carboxylic acids is 1. The molecule has 1 atom stereocenters. The van der Waals surface area contributed by atoms with E-state index in [9.17, 15) is 9.90 Å². The predicted octanol–water partition coefficient (Wildman–Crippen LogP) is 3.52. The standard InChI is InChI=1S/C22H22N2O4/c1-15-14-16(2)24-21(23-15)28-19(20(25)26)22(27-3,17-10-6-4-7-11-17)18-12-8-5-9-13-18/h4-14,19H,1-3H3,(H,25,26)/i3D3. The summed E-state index contributed by atoms with van der Waals surface area (Å²) in [5.41, 5.74) is -0.259. The number of rotatable bonds is 7. The van der Waals surface area contributed by atoms with Crippen LogP contribution in [0.4, 0.5) is 0 Å². The zero-order valence-electron chi connectivity index (χ0n) is 18.5. The minimum Gasteiger partial charge on any atom is -0.478 e. The van der Waals surface area contributed by atoms with Gasteiger partial charge in [0, 0.05) is 18.4 Å². The molecule has 0 aliphatic rings. The molecule has 0 fully saturated rings. The van der Waals surface area contributed by atoms with Crippen LogP contribution < -0.4 is 4.74 Å². The summed E-state index contributed by atoms with van der Waals surface area (Å²) in [5.74, 6) is -1.43. The predicted molar refractivity (Wildman–Crippen MR) is 104 cm³/mol. The molecule has 1 aromatic heterocycles. The highest BCUT2D eigenvalue weighted by atomic mass is 16.6. The van der Waals surface area contributed by atoms with Crippen molar-refractivity contribution >= 4 is 5.97 Å². The van der Waals surface area contributed by atoms with Gasteiger partial charge in [-0.15, -0.1) is 0 Å². The van der Waals surface area contributed by atoms with Gasteiger partial charge in [-0.25, -0.2) is 14.8 Å². The number of hydrogen-bond donors (Lipinski definition) is 1. The van der Waals surface area contributed by atoms with Gasteiger partial charge < -0.3 is 14.6 Å². The molecular weight excluding hydrogens is 356 g/mol. The number of ether oxygens (including phenoxy) is 2. The van der Waals surface area contributed by atoms with Gasteiger partial charge in [-0.3, -0.25) is 0 Å². The second-order valence-electron chi connectivity index (χ2n) is 6.34. The molecule has 28 heavy (non-hydrogen) atoms. The second-order valence-corrected chi connectivity index (χ2v) is 6.34. The Morgan fingerprint density at radius 1 is 1.00 bits per heavy atom. The van der Waals surface area contributed by atoms with Crippen LogP contribution in [-0.2, 0) is 15.1 Å². The van der Waals surface area contributed by atoms with E-state index in [1.165, 1.54) is 0 Å². The van der Waals surface area contributed by atoms with E-state index < -0.39 is 24.7 Å². The third-order valence-electron chi connectivity index (χ3n) is 4.34. The molecule has 0 bridgehead atoms. The Morgan fingerprint density at radius 3 is 1.93 bits per heavy atom. The molecule has 0 spiro atoms. The van der Waals surface area contributed by atoms with Crippen molar-refractivity contribution in [3.8, 4) is 6.01 Å². The minimum atomic E-state index is -2.94. The van der Waals surface area contributed by atoms with E-state index in [1.807, 2.05) is 0 Å². The number of aromatic nitrogens is 2. The second kappa shape index (κ2) is 8.19. The lowest BCUT2D eigenvalue weighted by Gasteiger charge is -2.37. The van der Waals surface area contributed by atoms with Gasteiger partial charge in [0.2, 0.25) is 6.10 Å². The number of carbonyl (C=O) groups is 1. The van der Waals surface area contributed by atoms with Crippen molar-refractivity contribution in [2.24, 2.45) is 0 Å². The molecular formula is C22H22N2O4. The highest BCUT2D eigenvalue weighted by Crippen LogP contribution is 2.38. The quantitative estimate of drug-likeness (QED) is 0.674. The van der Waals surface area contributed by atoms with Crippen molar-refractivity contribution in [1.29, 1.82) is 0 Å². The van der Waals surface area contributed by atoms with Crippen molar-refractivity contribution in [3.63, 3.8) is 0 Å². The first-order valence-electron chi connectivity index (χ1n) is 10.1. The molecule has 0 saturated carbocycles. The van der Waals surface area contributed by atoms with Crippen molar-refractivity contribution < 1.29 is 23.5 Å². The fourth-order valence-electron chi connectivity index (χ4n) is 3.17. The normalized spacial score (nSPS) is 14.4. The van der Waals surface area contributed by atoms with Crippen LogP contribution in [0, 0.1) is 13.8 Å². The molecule has 144 valence electrons. The van der Waals surface area contributed by atoms with Gasteiger partial charge >= 0.3 is 12.0 Å². The third kappa shape index (κ3) is 3.73. The summed E-state index contributed by atoms with van der Waals surface area (Å²) in [6, 6.07) is 18.1. The lowest BCUT2D eigenvalue weighted by atomic mass is 9.81. The number of hydrogen-bond acceptors (Lipinski definition) is 5. The number of aryl methyl sites for hydroxylation is 2. The molecule has 3 rings (SSSR count). The maximum Gasteiger partial charge on any atom is 0.348 e. The first kappa shape index (κ1) is 15.8. The number of carboxylic acid groups (broad SMARTS) is 1. The number of benzene rings is 2. The molecule has 3 aromatic rings. The van der Waals surface area contributed by atoms with Gasteiger partial charge in [0.05, 0.1) is 4.11 Å². The van der Waals surface area contributed by atoms with Crippen LogP contribution in [0.25, 0.3) is 0 Å². The molecule has 0 radical (unpaired) electrons. The summed E-state index contributed by atoms with van der Waals surface area (Å²) in [6.07, 6.45) is -1.81. The highest BCUT2D eigenvalue weighted by Gasteiger charge is 2.49. The maximum atomic E-state index is 12.5. The van der Waals surface area contributed by atoms with Crippen LogP contribution in [0.2, 0.25) is 0 Å². The summed E-state index contributed by atoms with van der Waals surface area (Å²) in [6.45, 7) is 3.44. The van der Waals surface area contributed by atoms with E-state index in [0.717, 1.165) is 0 Å². The molecule has 0 aliphatic heterocycles. The van der Waals surface area contributed by atoms with E-state index in [0.29, 0.717) is 22.5 Å². The van der Waals surface area contributed by atoms with Gasteiger partial charge in [0.15, 0.2) is 5.60 Å². The smallest absolute Gasteiger partial charge is 0.348 e. The average Bonchev–Trinajstić information content (AvgIpc) is 2.70. The molecule has 0 aliphatic carbocycles. The fourth-order valence-corrected chi connectivity index (χ4v) is 3.17. The number of methoxy groups -OCH3 is 1. The molecule has 1 unspecified atom stereocenters. The topological polar surface area (TPSA) is 81.5 Å². The van der Waals surface area contributed by atoms with Crippen molar-refractivity contribution in [1.82, 2.24) is 9.97 Å². The van der Waals surface area contributed by atoms with Gasteiger partial charge in [0.1, 0.15) is 0 Å². The zero-order chi connectivity index (χ0) is 22.6. The highest BCUT2D eigenvalue weighted by molar-refractivity contribution is 5.76. The third-order valence-corrected chi connectivity index (χ3v) is 4.34. The Labute approximate surface area is 168 Å². The lowest BCUT2D eigenvalue weighted by molar-refractivity contribution is -0.160. The summed E-state index contributed by atoms with van der Waals surface area (Å²) in [4.78, 5) is 20.8. The Bertz CT molecular complexity index is 984. The Morgan fingerprint density at radius 2 is 1.50 bits per heavy atom. The molecule has 6 nitrogen and oxygen atoms in total. The van der Waals surface area contributed by atoms with Gasteiger partial charge in [-0.05, 0) is 31.0 Å². The van der Waals surface area contributed by atoms with Crippen molar-refractivity contribution in [3.05, 3.63) is 89.2 Å². The number of aliphatic carboxylic acids is 1. The Balaban J connectivity index is 2.28. The van der Waals surface area contributed by atoms with Crippen molar-refractivity contribution in [2.75, 3.05) is 7.04 Å². The average molecular weight is 381 g/mol. The van der Waals surface area contributed by atoms with E-state index in [-0.39, 0.29) is 6.01 Å². The largest absolute Gasteiger partial charge is 0.478 e. The van der Waals surface area contributed by atoms with E-state index >= 15 is 0 Å². The lowest BCUT2D eigenvalue weighted by Crippen LogP contribution is -2.50. The minimum absolute atomic E-state index is 0.185.